The lowest BCUT2D eigenvalue weighted by atomic mass is 10.2. The first-order valence-corrected chi connectivity index (χ1v) is 8.68. The topological polar surface area (TPSA) is 129 Å². The average Bonchev–Trinajstić information content (AvgIpc) is 3.00. The molecule has 0 fully saturated rings. The van der Waals surface area contributed by atoms with Gasteiger partial charge in [0.25, 0.3) is 5.91 Å². The van der Waals surface area contributed by atoms with Crippen LogP contribution in [-0.2, 0) is 21.3 Å². The number of nitrogens with zero attached hydrogens (tertiary/aromatic N) is 3. The van der Waals surface area contributed by atoms with Gasteiger partial charge in [0.15, 0.2) is 5.82 Å². The van der Waals surface area contributed by atoms with Crippen molar-refractivity contribution in [3.63, 3.8) is 0 Å². The number of carbonyl (C=O) groups excluding carboxylic acids is 1. The number of rotatable bonds is 7. The van der Waals surface area contributed by atoms with Gasteiger partial charge in [-0.3, -0.25) is 4.79 Å². The van der Waals surface area contributed by atoms with Crippen LogP contribution in [0.15, 0.2) is 35.5 Å². The summed E-state index contributed by atoms with van der Waals surface area (Å²) in [5.41, 5.74) is 0.317. The van der Waals surface area contributed by atoms with Crippen molar-refractivity contribution in [3.05, 3.63) is 42.0 Å². The van der Waals surface area contributed by atoms with Gasteiger partial charge < -0.3 is 14.6 Å². The van der Waals surface area contributed by atoms with Crippen molar-refractivity contribution >= 4 is 15.9 Å². The molecule has 0 aliphatic carbocycles. The van der Waals surface area contributed by atoms with E-state index in [2.05, 4.69) is 15.5 Å². The van der Waals surface area contributed by atoms with Crippen molar-refractivity contribution in [2.75, 3.05) is 13.7 Å². The second-order valence-electron chi connectivity index (χ2n) is 5.14. The van der Waals surface area contributed by atoms with E-state index in [0.717, 1.165) is 0 Å². The summed E-state index contributed by atoms with van der Waals surface area (Å²) in [4.78, 5) is 12.2. The van der Waals surface area contributed by atoms with Gasteiger partial charge in [0.2, 0.25) is 10.0 Å². The average molecular weight is 353 g/mol. The van der Waals surface area contributed by atoms with Gasteiger partial charge in [0.05, 0.1) is 17.5 Å². The van der Waals surface area contributed by atoms with Crippen LogP contribution in [0.25, 0.3) is 0 Å². The number of aromatic nitrogens is 3. The summed E-state index contributed by atoms with van der Waals surface area (Å²) in [5.74, 6) is 0.242. The van der Waals surface area contributed by atoms with Crippen LogP contribution in [0.1, 0.15) is 29.1 Å². The van der Waals surface area contributed by atoms with Gasteiger partial charge in [-0.15, -0.1) is 10.2 Å². The summed E-state index contributed by atoms with van der Waals surface area (Å²) < 4.78 is 29.2. The van der Waals surface area contributed by atoms with Gasteiger partial charge in [-0.2, -0.15) is 0 Å². The molecule has 1 atom stereocenters. The van der Waals surface area contributed by atoms with Crippen molar-refractivity contribution < 1.29 is 17.9 Å². The van der Waals surface area contributed by atoms with Crippen molar-refractivity contribution in [3.8, 4) is 0 Å². The highest BCUT2D eigenvalue weighted by Gasteiger charge is 2.17. The molecule has 130 valence electrons. The monoisotopic (exact) mass is 353 g/mol. The number of methoxy groups -OCH3 is 1. The molecule has 0 bridgehead atoms. The normalized spacial score (nSPS) is 12.8. The Morgan fingerprint density at radius 2 is 2.04 bits per heavy atom. The number of ether oxygens (including phenoxy) is 1. The van der Waals surface area contributed by atoms with E-state index in [1.165, 1.54) is 24.3 Å². The van der Waals surface area contributed by atoms with E-state index in [9.17, 15) is 13.2 Å². The zero-order valence-electron chi connectivity index (χ0n) is 13.3. The van der Waals surface area contributed by atoms with E-state index in [-0.39, 0.29) is 16.8 Å². The summed E-state index contributed by atoms with van der Waals surface area (Å²) in [6.45, 7) is 2.85. The molecular formula is C14H19N5O4S. The Kier molecular flexibility index (Phi) is 5.65. The SMILES string of the molecule is COCCn1cnnc1[C@H](C)NC(=O)c1ccc(S(N)(=O)=O)cc1. The lowest BCUT2D eigenvalue weighted by Gasteiger charge is -2.15. The Balaban J connectivity index is 2.08. The van der Waals surface area contributed by atoms with E-state index in [4.69, 9.17) is 9.88 Å². The number of hydrogen-bond donors (Lipinski definition) is 2. The van der Waals surface area contributed by atoms with Gasteiger partial charge in [-0.1, -0.05) is 0 Å². The lowest BCUT2D eigenvalue weighted by molar-refractivity contribution is 0.0937. The van der Waals surface area contributed by atoms with Gasteiger partial charge >= 0.3 is 0 Å². The first kappa shape index (κ1) is 18.0. The van der Waals surface area contributed by atoms with Crippen molar-refractivity contribution in [2.24, 2.45) is 5.14 Å². The van der Waals surface area contributed by atoms with Crippen LogP contribution < -0.4 is 10.5 Å². The van der Waals surface area contributed by atoms with Crippen LogP contribution >= 0.6 is 0 Å². The summed E-state index contributed by atoms with van der Waals surface area (Å²) in [7, 11) is -2.19. The second kappa shape index (κ2) is 7.51. The van der Waals surface area contributed by atoms with Gasteiger partial charge in [0, 0.05) is 19.2 Å². The highest BCUT2D eigenvalue weighted by atomic mass is 32.2. The number of benzene rings is 1. The molecular weight excluding hydrogens is 334 g/mol. The third-order valence-electron chi connectivity index (χ3n) is 3.36. The van der Waals surface area contributed by atoms with E-state index in [0.29, 0.717) is 24.5 Å². The molecule has 2 aromatic rings. The molecule has 0 aliphatic heterocycles. The summed E-state index contributed by atoms with van der Waals surface area (Å²) in [6.07, 6.45) is 1.57. The molecule has 1 aromatic heterocycles. The number of nitrogens with two attached hydrogens (primary N) is 1. The Hall–Kier alpha value is -2.30. The van der Waals surface area contributed by atoms with Crippen LogP contribution in [0, 0.1) is 0 Å². The molecule has 0 spiro atoms. The van der Waals surface area contributed by atoms with Gasteiger partial charge in [-0.05, 0) is 31.2 Å². The summed E-state index contributed by atoms with van der Waals surface area (Å²) in [6, 6.07) is 5.00. The minimum Gasteiger partial charge on any atom is -0.383 e. The summed E-state index contributed by atoms with van der Waals surface area (Å²) >= 11 is 0. The Morgan fingerprint density at radius 1 is 1.38 bits per heavy atom. The fourth-order valence-electron chi connectivity index (χ4n) is 2.10. The second-order valence-corrected chi connectivity index (χ2v) is 6.70. The molecule has 0 saturated carbocycles. The zero-order chi connectivity index (χ0) is 17.7. The number of amides is 1. The number of sulfonamides is 1. The molecule has 10 heteroatoms. The van der Waals surface area contributed by atoms with E-state index in [1.807, 2.05) is 0 Å². The minimum atomic E-state index is -3.78. The molecule has 0 unspecified atom stereocenters. The quantitative estimate of drug-likeness (QED) is 0.724. The molecule has 1 heterocycles. The summed E-state index contributed by atoms with van der Waals surface area (Å²) in [5, 5.41) is 15.7. The minimum absolute atomic E-state index is 0.0496. The van der Waals surface area contributed by atoms with Crippen molar-refractivity contribution in [1.29, 1.82) is 0 Å². The van der Waals surface area contributed by atoms with Gasteiger partial charge in [-0.25, -0.2) is 13.6 Å². The van der Waals surface area contributed by atoms with Crippen LogP contribution in [0.5, 0.6) is 0 Å². The standard InChI is InChI=1S/C14H19N5O4S/c1-10(13-18-16-9-19(13)7-8-23-2)17-14(20)11-3-5-12(6-4-11)24(15,21)22/h3-6,9-10H,7-8H2,1-2H3,(H,17,20)(H2,15,21,22)/t10-/m0/s1. The lowest BCUT2D eigenvalue weighted by Crippen LogP contribution is -2.29. The van der Waals surface area contributed by atoms with Crippen LogP contribution in [-0.4, -0.2) is 42.8 Å². The largest absolute Gasteiger partial charge is 0.383 e. The van der Waals surface area contributed by atoms with Crippen LogP contribution in [0.2, 0.25) is 0 Å². The molecule has 24 heavy (non-hydrogen) atoms. The smallest absolute Gasteiger partial charge is 0.251 e. The fourth-order valence-corrected chi connectivity index (χ4v) is 2.62. The number of nitrogens with one attached hydrogen (secondary N) is 1. The zero-order valence-corrected chi connectivity index (χ0v) is 14.2. The Morgan fingerprint density at radius 3 is 2.62 bits per heavy atom. The number of primary sulfonamides is 1. The Labute approximate surface area is 139 Å². The maximum Gasteiger partial charge on any atom is 0.251 e. The molecule has 0 radical (unpaired) electrons. The highest BCUT2D eigenvalue weighted by molar-refractivity contribution is 7.89. The van der Waals surface area contributed by atoms with Gasteiger partial charge in [0.1, 0.15) is 6.33 Å². The third kappa shape index (κ3) is 4.37. The van der Waals surface area contributed by atoms with Crippen molar-refractivity contribution in [1.82, 2.24) is 20.1 Å². The van der Waals surface area contributed by atoms with E-state index in [1.54, 1.807) is 24.9 Å². The maximum atomic E-state index is 12.3. The number of hydrogen-bond acceptors (Lipinski definition) is 6. The predicted molar refractivity (Wildman–Crippen MR) is 85.6 cm³/mol. The van der Waals surface area contributed by atoms with E-state index < -0.39 is 10.0 Å². The molecule has 0 aliphatic rings. The van der Waals surface area contributed by atoms with Crippen LogP contribution in [0.4, 0.5) is 0 Å². The molecule has 1 amide bonds. The first-order chi connectivity index (χ1) is 11.3. The molecule has 2 rings (SSSR count). The van der Waals surface area contributed by atoms with Crippen molar-refractivity contribution in [2.45, 2.75) is 24.4 Å². The molecule has 3 N–H and O–H groups in total. The highest BCUT2D eigenvalue weighted by Crippen LogP contribution is 2.12. The first-order valence-electron chi connectivity index (χ1n) is 7.13. The number of carbonyl (C=O) groups is 1. The molecule has 9 nitrogen and oxygen atoms in total. The molecule has 0 saturated heterocycles. The predicted octanol–water partition coefficient (Wildman–Crippen LogP) is 0.0629. The fraction of sp³-hybridized carbons (Fsp3) is 0.357. The van der Waals surface area contributed by atoms with Crippen LogP contribution in [0.3, 0.4) is 0 Å². The Bertz CT molecular complexity index is 801. The molecule has 1 aromatic carbocycles. The third-order valence-corrected chi connectivity index (χ3v) is 4.29. The van der Waals surface area contributed by atoms with E-state index >= 15 is 0 Å². The maximum absolute atomic E-state index is 12.3.